The Kier molecular flexibility index (Phi) is 4.61. The zero-order valence-corrected chi connectivity index (χ0v) is 16.3. The molecule has 1 fully saturated rings. The number of fused-ring (bicyclic) bond motifs is 1. The fourth-order valence-corrected chi connectivity index (χ4v) is 3.60. The van der Waals surface area contributed by atoms with Gasteiger partial charge in [0.2, 0.25) is 12.0 Å². The molecule has 10 nitrogen and oxygen atoms in total. The van der Waals surface area contributed by atoms with Crippen molar-refractivity contribution in [3.05, 3.63) is 57.6 Å². The van der Waals surface area contributed by atoms with E-state index in [2.05, 4.69) is 5.16 Å². The predicted octanol–water partition coefficient (Wildman–Crippen LogP) is 2.21. The van der Waals surface area contributed by atoms with Gasteiger partial charge in [0.05, 0.1) is 24.8 Å². The SMILES string of the molecule is COc1ccc(C2=NOC3C(=O)N(c4ccc(C)c([N+](=O)[O-])c4)C(=O)C23)c(OC)c1. The summed E-state index contributed by atoms with van der Waals surface area (Å²) < 4.78 is 10.6. The Morgan fingerprint density at radius 3 is 2.53 bits per heavy atom. The molecule has 0 radical (unpaired) electrons. The van der Waals surface area contributed by atoms with E-state index in [-0.39, 0.29) is 17.1 Å². The number of carbonyl (C=O) groups is 2. The molecule has 4 rings (SSSR count). The second-order valence-corrected chi connectivity index (χ2v) is 6.79. The lowest BCUT2D eigenvalue weighted by atomic mass is 9.93. The number of imide groups is 1. The molecule has 2 atom stereocenters. The summed E-state index contributed by atoms with van der Waals surface area (Å²) in [5.41, 5.74) is 1.09. The van der Waals surface area contributed by atoms with E-state index >= 15 is 0 Å². The maximum Gasteiger partial charge on any atom is 0.278 e. The van der Waals surface area contributed by atoms with Gasteiger partial charge in [0.15, 0.2) is 0 Å². The second-order valence-electron chi connectivity index (χ2n) is 6.79. The predicted molar refractivity (Wildman–Crippen MR) is 105 cm³/mol. The number of anilines is 1. The summed E-state index contributed by atoms with van der Waals surface area (Å²) in [5.74, 6) is -1.23. The third-order valence-electron chi connectivity index (χ3n) is 5.14. The van der Waals surface area contributed by atoms with Gasteiger partial charge >= 0.3 is 0 Å². The smallest absolute Gasteiger partial charge is 0.278 e. The molecule has 2 amide bonds. The lowest BCUT2D eigenvalue weighted by Gasteiger charge is -2.16. The number of benzene rings is 2. The quantitative estimate of drug-likeness (QED) is 0.420. The molecule has 2 aliphatic heterocycles. The van der Waals surface area contributed by atoms with Crippen molar-refractivity contribution in [3.63, 3.8) is 0 Å². The average Bonchev–Trinajstić information content (AvgIpc) is 3.28. The summed E-state index contributed by atoms with van der Waals surface area (Å²) in [6.45, 7) is 1.58. The van der Waals surface area contributed by atoms with E-state index < -0.39 is 28.8 Å². The van der Waals surface area contributed by atoms with Crippen LogP contribution in [0.5, 0.6) is 11.5 Å². The first kappa shape index (κ1) is 19.4. The Morgan fingerprint density at radius 2 is 1.87 bits per heavy atom. The lowest BCUT2D eigenvalue weighted by molar-refractivity contribution is -0.385. The van der Waals surface area contributed by atoms with Crippen LogP contribution < -0.4 is 14.4 Å². The molecule has 0 aliphatic carbocycles. The molecule has 0 saturated carbocycles. The third-order valence-corrected chi connectivity index (χ3v) is 5.14. The van der Waals surface area contributed by atoms with Crippen molar-refractivity contribution in [3.8, 4) is 11.5 Å². The number of nitro groups is 1. The number of oxime groups is 1. The molecular formula is C20H17N3O7. The Labute approximate surface area is 170 Å². The van der Waals surface area contributed by atoms with Crippen molar-refractivity contribution < 1.29 is 28.8 Å². The number of hydrogen-bond donors (Lipinski definition) is 0. The van der Waals surface area contributed by atoms with Gasteiger partial charge < -0.3 is 14.3 Å². The fourth-order valence-electron chi connectivity index (χ4n) is 3.60. The summed E-state index contributed by atoms with van der Waals surface area (Å²) in [6.07, 6.45) is -1.14. The van der Waals surface area contributed by atoms with Gasteiger partial charge in [0.1, 0.15) is 23.1 Å². The van der Waals surface area contributed by atoms with Crippen LogP contribution in [0, 0.1) is 23.0 Å². The largest absolute Gasteiger partial charge is 0.497 e. The molecule has 2 aromatic carbocycles. The van der Waals surface area contributed by atoms with Gasteiger partial charge in [-0.3, -0.25) is 19.7 Å². The van der Waals surface area contributed by atoms with Gasteiger partial charge in [-0.2, -0.15) is 0 Å². The maximum absolute atomic E-state index is 13.2. The molecule has 2 aromatic rings. The van der Waals surface area contributed by atoms with E-state index in [0.717, 1.165) is 4.90 Å². The molecule has 2 heterocycles. The van der Waals surface area contributed by atoms with Crippen LogP contribution in [0.15, 0.2) is 41.6 Å². The van der Waals surface area contributed by atoms with Crippen LogP contribution in [0.2, 0.25) is 0 Å². The van der Waals surface area contributed by atoms with Crippen LogP contribution >= 0.6 is 0 Å². The van der Waals surface area contributed by atoms with Gasteiger partial charge in [0, 0.05) is 23.3 Å². The fraction of sp³-hybridized carbons (Fsp3) is 0.250. The first-order chi connectivity index (χ1) is 14.4. The van der Waals surface area contributed by atoms with E-state index in [1.165, 1.54) is 32.4 Å². The van der Waals surface area contributed by atoms with Crippen LogP contribution in [0.1, 0.15) is 11.1 Å². The molecule has 2 unspecified atom stereocenters. The number of aryl methyl sites for hydroxylation is 1. The second kappa shape index (κ2) is 7.14. The van der Waals surface area contributed by atoms with E-state index in [1.54, 1.807) is 25.1 Å². The van der Waals surface area contributed by atoms with Crippen LogP contribution in [-0.2, 0) is 14.4 Å². The Morgan fingerprint density at radius 1 is 1.10 bits per heavy atom. The number of nitrogens with zero attached hydrogens (tertiary/aromatic N) is 3. The molecule has 154 valence electrons. The molecule has 2 aliphatic rings. The number of methoxy groups -OCH3 is 2. The van der Waals surface area contributed by atoms with Gasteiger partial charge in [-0.05, 0) is 25.1 Å². The van der Waals surface area contributed by atoms with Gasteiger partial charge in [-0.1, -0.05) is 11.2 Å². The van der Waals surface area contributed by atoms with E-state index in [4.69, 9.17) is 14.3 Å². The molecule has 0 N–H and O–H groups in total. The van der Waals surface area contributed by atoms with Crippen LogP contribution in [-0.4, -0.2) is 42.8 Å². The number of nitro benzene ring substituents is 1. The van der Waals surface area contributed by atoms with Gasteiger partial charge in [0.25, 0.3) is 11.6 Å². The number of ether oxygens (including phenoxy) is 2. The van der Waals surface area contributed by atoms with Crippen molar-refractivity contribution in [1.82, 2.24) is 0 Å². The minimum Gasteiger partial charge on any atom is -0.497 e. The summed E-state index contributed by atoms with van der Waals surface area (Å²) in [4.78, 5) is 43.0. The van der Waals surface area contributed by atoms with Crippen molar-refractivity contribution in [2.45, 2.75) is 13.0 Å². The topological polar surface area (TPSA) is 121 Å². The van der Waals surface area contributed by atoms with Crippen LogP contribution in [0.25, 0.3) is 0 Å². The van der Waals surface area contributed by atoms with Gasteiger partial charge in [-0.25, -0.2) is 4.90 Å². The Balaban J connectivity index is 1.72. The molecular weight excluding hydrogens is 394 g/mol. The highest BCUT2D eigenvalue weighted by atomic mass is 16.7. The monoisotopic (exact) mass is 411 g/mol. The molecule has 30 heavy (non-hydrogen) atoms. The molecule has 1 saturated heterocycles. The molecule has 10 heteroatoms. The third kappa shape index (κ3) is 2.84. The number of carbonyl (C=O) groups excluding carboxylic acids is 2. The van der Waals surface area contributed by atoms with Crippen molar-refractivity contribution in [1.29, 1.82) is 0 Å². The summed E-state index contributed by atoms with van der Waals surface area (Å²) >= 11 is 0. The van der Waals surface area contributed by atoms with E-state index in [9.17, 15) is 19.7 Å². The minimum atomic E-state index is -1.14. The summed E-state index contributed by atoms with van der Waals surface area (Å²) in [7, 11) is 2.98. The zero-order valence-electron chi connectivity index (χ0n) is 16.3. The molecule has 0 spiro atoms. The minimum absolute atomic E-state index is 0.112. The number of amides is 2. The van der Waals surface area contributed by atoms with Gasteiger partial charge in [-0.15, -0.1) is 0 Å². The van der Waals surface area contributed by atoms with Crippen LogP contribution in [0.3, 0.4) is 0 Å². The van der Waals surface area contributed by atoms with Crippen molar-refractivity contribution in [2.24, 2.45) is 11.1 Å². The lowest BCUT2D eigenvalue weighted by Crippen LogP contribution is -2.33. The van der Waals surface area contributed by atoms with Crippen molar-refractivity contribution >= 4 is 28.9 Å². The normalized spacial score (nSPS) is 20.0. The summed E-state index contributed by atoms with van der Waals surface area (Å²) in [5, 5.41) is 15.2. The van der Waals surface area contributed by atoms with E-state index in [0.29, 0.717) is 22.6 Å². The molecule has 0 aromatic heterocycles. The van der Waals surface area contributed by atoms with Crippen molar-refractivity contribution in [2.75, 3.05) is 19.1 Å². The maximum atomic E-state index is 13.2. The number of rotatable bonds is 5. The number of hydrogen-bond acceptors (Lipinski definition) is 8. The van der Waals surface area contributed by atoms with Crippen LogP contribution in [0.4, 0.5) is 11.4 Å². The highest BCUT2D eigenvalue weighted by molar-refractivity contribution is 6.32. The first-order valence-electron chi connectivity index (χ1n) is 8.96. The average molecular weight is 411 g/mol. The molecule has 0 bridgehead atoms. The first-order valence-corrected chi connectivity index (χ1v) is 8.96. The highest BCUT2D eigenvalue weighted by Gasteiger charge is 2.56. The standard InChI is InChI=1S/C20H17N3O7/c1-10-4-5-11(8-14(10)23(26)27)22-19(24)16-17(21-30-18(16)20(22)25)13-7-6-12(28-2)9-15(13)29-3/h4-9,16,18H,1-3H3. The zero-order chi connectivity index (χ0) is 21.6. The highest BCUT2D eigenvalue weighted by Crippen LogP contribution is 2.39. The Hall–Kier alpha value is -3.95. The Bertz CT molecular complexity index is 1110. The van der Waals surface area contributed by atoms with E-state index in [1.807, 2.05) is 0 Å². The summed E-state index contributed by atoms with van der Waals surface area (Å²) in [6, 6.07) is 9.16.